The molecule has 0 radical (unpaired) electrons. The molecule has 15 heavy (non-hydrogen) atoms. The number of rotatable bonds is 5. The second kappa shape index (κ2) is 6.23. The van der Waals surface area contributed by atoms with Gasteiger partial charge in [0, 0.05) is 13.2 Å². The number of hydrogen-bond donors (Lipinski definition) is 1. The van der Waals surface area contributed by atoms with E-state index in [2.05, 4.69) is 10.3 Å². The Bertz CT molecular complexity index is 362. The van der Waals surface area contributed by atoms with E-state index in [-0.39, 0.29) is 0 Å². The van der Waals surface area contributed by atoms with Crippen molar-refractivity contribution in [3.63, 3.8) is 0 Å². The third kappa shape index (κ3) is 4.15. The highest BCUT2D eigenvalue weighted by Gasteiger charge is 1.99. The minimum Gasteiger partial charge on any atom is -0.380 e. The molecule has 80 valence electrons. The Morgan fingerprint density at radius 1 is 1.60 bits per heavy atom. The van der Waals surface area contributed by atoms with Gasteiger partial charge in [0.05, 0.1) is 18.2 Å². The van der Waals surface area contributed by atoms with Crippen LogP contribution < -0.4 is 5.32 Å². The fourth-order valence-electron chi connectivity index (χ4n) is 1.05. The van der Waals surface area contributed by atoms with E-state index >= 15 is 0 Å². The molecule has 1 aromatic rings. The van der Waals surface area contributed by atoms with Gasteiger partial charge >= 0.3 is 0 Å². The van der Waals surface area contributed by atoms with Crippen molar-refractivity contribution in [1.82, 2.24) is 4.98 Å². The molecule has 0 unspecified atom stereocenters. The first-order valence-corrected chi connectivity index (χ1v) is 5.03. The first kappa shape index (κ1) is 11.8. The van der Waals surface area contributed by atoms with Crippen LogP contribution in [-0.4, -0.2) is 24.7 Å². The third-order valence-electron chi connectivity index (χ3n) is 1.68. The smallest absolute Gasteiger partial charge is 0.132 e. The van der Waals surface area contributed by atoms with Crippen LogP contribution in [0.2, 0.25) is 5.15 Å². The van der Waals surface area contributed by atoms with Crippen molar-refractivity contribution < 1.29 is 4.74 Å². The number of pyridine rings is 1. The number of halogens is 1. The van der Waals surface area contributed by atoms with Crippen molar-refractivity contribution in [2.45, 2.75) is 6.92 Å². The Morgan fingerprint density at radius 2 is 2.40 bits per heavy atom. The summed E-state index contributed by atoms with van der Waals surface area (Å²) in [4.78, 5) is 4.03. The largest absolute Gasteiger partial charge is 0.380 e. The normalized spacial score (nSPS) is 9.67. The van der Waals surface area contributed by atoms with Crippen LogP contribution in [-0.2, 0) is 4.74 Å². The lowest BCUT2D eigenvalue weighted by atomic mass is 10.3. The van der Waals surface area contributed by atoms with Crippen molar-refractivity contribution >= 4 is 17.4 Å². The summed E-state index contributed by atoms with van der Waals surface area (Å²) in [6.07, 6.45) is 0. The topological polar surface area (TPSA) is 57.9 Å². The molecule has 0 aliphatic rings. The summed E-state index contributed by atoms with van der Waals surface area (Å²) >= 11 is 5.74. The Kier molecular flexibility index (Phi) is 4.88. The van der Waals surface area contributed by atoms with Gasteiger partial charge in [0.2, 0.25) is 0 Å². The number of anilines is 1. The molecule has 1 rings (SSSR count). The lowest BCUT2D eigenvalue weighted by Gasteiger charge is -2.05. The van der Waals surface area contributed by atoms with E-state index in [1.165, 1.54) is 6.07 Å². The fraction of sp³-hybridized carbons (Fsp3) is 0.400. The van der Waals surface area contributed by atoms with Gasteiger partial charge in [-0.2, -0.15) is 5.26 Å². The van der Waals surface area contributed by atoms with Crippen molar-refractivity contribution in [3.8, 4) is 6.07 Å². The zero-order chi connectivity index (χ0) is 11.1. The predicted molar refractivity (Wildman–Crippen MR) is 58.9 cm³/mol. The van der Waals surface area contributed by atoms with Gasteiger partial charge in [-0.1, -0.05) is 11.6 Å². The van der Waals surface area contributed by atoms with Gasteiger partial charge in [-0.25, -0.2) is 4.98 Å². The summed E-state index contributed by atoms with van der Waals surface area (Å²) in [7, 11) is 0. The molecule has 0 aromatic carbocycles. The van der Waals surface area contributed by atoms with Gasteiger partial charge in [-0.15, -0.1) is 0 Å². The molecule has 0 aliphatic carbocycles. The van der Waals surface area contributed by atoms with Crippen molar-refractivity contribution in [3.05, 3.63) is 22.8 Å². The predicted octanol–water partition coefficient (Wildman–Crippen LogP) is 2.06. The first-order valence-electron chi connectivity index (χ1n) is 4.65. The van der Waals surface area contributed by atoms with E-state index in [0.29, 0.717) is 36.3 Å². The van der Waals surface area contributed by atoms with Crippen LogP contribution in [0.4, 0.5) is 5.82 Å². The molecule has 0 fully saturated rings. The molecule has 0 amide bonds. The number of nitrogens with one attached hydrogen (secondary N) is 1. The number of nitriles is 1. The zero-order valence-corrected chi connectivity index (χ0v) is 9.21. The van der Waals surface area contributed by atoms with Crippen molar-refractivity contribution in [2.75, 3.05) is 25.1 Å². The van der Waals surface area contributed by atoms with Crippen LogP contribution in [0.15, 0.2) is 12.1 Å². The molecule has 0 atom stereocenters. The zero-order valence-electron chi connectivity index (χ0n) is 8.46. The highest BCUT2D eigenvalue weighted by atomic mass is 35.5. The summed E-state index contributed by atoms with van der Waals surface area (Å²) in [6.45, 7) is 3.87. The van der Waals surface area contributed by atoms with Gasteiger partial charge in [0.15, 0.2) is 0 Å². The van der Waals surface area contributed by atoms with E-state index in [0.717, 1.165) is 0 Å². The van der Waals surface area contributed by atoms with Crippen LogP contribution in [0, 0.1) is 11.3 Å². The van der Waals surface area contributed by atoms with Crippen LogP contribution in [0.25, 0.3) is 0 Å². The summed E-state index contributed by atoms with van der Waals surface area (Å²) in [6, 6.07) is 5.19. The van der Waals surface area contributed by atoms with Gasteiger partial charge in [0.25, 0.3) is 0 Å². The van der Waals surface area contributed by atoms with Crippen LogP contribution in [0.1, 0.15) is 12.5 Å². The van der Waals surface area contributed by atoms with Crippen molar-refractivity contribution in [1.29, 1.82) is 5.26 Å². The average Bonchev–Trinajstić information content (AvgIpc) is 2.23. The molecule has 0 aliphatic heterocycles. The number of ether oxygens (including phenoxy) is 1. The minimum atomic E-state index is 0.313. The molecule has 1 aromatic heterocycles. The first-order chi connectivity index (χ1) is 7.26. The molecule has 4 nitrogen and oxygen atoms in total. The molecule has 1 heterocycles. The standard InChI is InChI=1S/C10H12ClN3O/c1-2-15-4-3-13-10-6-8(7-12)5-9(11)14-10/h5-6H,2-4H2,1H3,(H,13,14). The molecular weight excluding hydrogens is 214 g/mol. The SMILES string of the molecule is CCOCCNc1cc(C#N)cc(Cl)n1. The Morgan fingerprint density at radius 3 is 3.07 bits per heavy atom. The van der Waals surface area contributed by atoms with E-state index < -0.39 is 0 Å². The second-order valence-corrected chi connectivity index (χ2v) is 3.19. The Labute approximate surface area is 93.8 Å². The summed E-state index contributed by atoms with van der Waals surface area (Å²) in [5.74, 6) is 0.596. The average molecular weight is 226 g/mol. The summed E-state index contributed by atoms with van der Waals surface area (Å²) < 4.78 is 5.15. The number of aromatic nitrogens is 1. The molecule has 0 saturated heterocycles. The van der Waals surface area contributed by atoms with E-state index in [1.54, 1.807) is 6.07 Å². The second-order valence-electron chi connectivity index (χ2n) is 2.80. The Balaban J connectivity index is 2.54. The highest BCUT2D eigenvalue weighted by Crippen LogP contribution is 2.13. The van der Waals surface area contributed by atoms with E-state index in [4.69, 9.17) is 21.6 Å². The van der Waals surface area contributed by atoms with Gasteiger partial charge in [-0.3, -0.25) is 0 Å². The van der Waals surface area contributed by atoms with Crippen molar-refractivity contribution in [2.24, 2.45) is 0 Å². The molecule has 0 spiro atoms. The molecular formula is C10H12ClN3O. The van der Waals surface area contributed by atoms with Gasteiger partial charge in [-0.05, 0) is 19.1 Å². The van der Waals surface area contributed by atoms with Crippen LogP contribution >= 0.6 is 11.6 Å². The monoisotopic (exact) mass is 225 g/mol. The minimum absolute atomic E-state index is 0.313. The van der Waals surface area contributed by atoms with Crippen LogP contribution in [0.5, 0.6) is 0 Å². The molecule has 0 bridgehead atoms. The van der Waals surface area contributed by atoms with E-state index in [9.17, 15) is 0 Å². The molecule has 1 N–H and O–H groups in total. The molecule has 5 heteroatoms. The van der Waals surface area contributed by atoms with Gasteiger partial charge < -0.3 is 10.1 Å². The summed E-state index contributed by atoms with van der Waals surface area (Å²) in [5.41, 5.74) is 0.494. The maximum absolute atomic E-state index is 8.71. The number of hydrogen-bond acceptors (Lipinski definition) is 4. The fourth-order valence-corrected chi connectivity index (χ4v) is 1.26. The lowest BCUT2D eigenvalue weighted by Crippen LogP contribution is -2.10. The number of nitrogens with zero attached hydrogens (tertiary/aromatic N) is 2. The maximum atomic E-state index is 8.71. The molecule has 0 saturated carbocycles. The quantitative estimate of drug-likeness (QED) is 0.616. The Hall–Kier alpha value is -1.31. The van der Waals surface area contributed by atoms with E-state index in [1.807, 2.05) is 13.0 Å². The summed E-state index contributed by atoms with van der Waals surface area (Å²) in [5, 5.41) is 12.0. The maximum Gasteiger partial charge on any atom is 0.132 e. The lowest BCUT2D eigenvalue weighted by molar-refractivity contribution is 0.158. The third-order valence-corrected chi connectivity index (χ3v) is 1.87. The van der Waals surface area contributed by atoms with Gasteiger partial charge in [0.1, 0.15) is 11.0 Å². The van der Waals surface area contributed by atoms with Crippen LogP contribution in [0.3, 0.4) is 0 Å². The highest BCUT2D eigenvalue weighted by molar-refractivity contribution is 6.29.